The molecule has 0 bridgehead atoms. The molecule has 0 aliphatic rings. The van der Waals surface area contributed by atoms with Gasteiger partial charge in [-0.3, -0.25) is 4.79 Å². The zero-order valence-corrected chi connectivity index (χ0v) is 8.87. The molecular weight excluding hydrogens is 222 g/mol. The van der Waals surface area contributed by atoms with E-state index in [1.54, 1.807) is 6.20 Å². The monoisotopic (exact) mass is 233 g/mol. The molecule has 1 heterocycles. The van der Waals surface area contributed by atoms with Crippen molar-refractivity contribution >= 4 is 16.0 Å². The number of nitrogens with one attached hydrogen (secondary N) is 2. The Hall–Kier alpha value is -1.41. The average Bonchev–Trinajstić information content (AvgIpc) is 2.66. The molecule has 0 atom stereocenters. The summed E-state index contributed by atoms with van der Waals surface area (Å²) in [6.45, 7) is 0.0202. The fraction of sp³-hybridized carbons (Fsp3) is 0.429. The molecule has 1 aromatic rings. The number of nitrogens with zero attached hydrogens (tertiary/aromatic N) is 1. The second-order valence-electron chi connectivity index (χ2n) is 2.69. The van der Waals surface area contributed by atoms with Crippen LogP contribution in [0.5, 0.6) is 0 Å². The van der Waals surface area contributed by atoms with Crippen LogP contribution in [0.3, 0.4) is 0 Å². The Bertz CT molecular complexity index is 411. The van der Waals surface area contributed by atoms with E-state index in [4.69, 9.17) is 0 Å². The van der Waals surface area contributed by atoms with E-state index in [9.17, 15) is 13.2 Å². The molecule has 0 spiro atoms. The summed E-state index contributed by atoms with van der Waals surface area (Å²) < 4.78 is 28.9. The first-order chi connectivity index (χ1) is 7.03. The SMILES string of the molecule is COC(=O)CS(=O)(=O)NCc1ncc[nH]1. The van der Waals surface area contributed by atoms with Gasteiger partial charge >= 0.3 is 5.97 Å². The topological polar surface area (TPSA) is 101 Å². The summed E-state index contributed by atoms with van der Waals surface area (Å²) in [4.78, 5) is 17.3. The van der Waals surface area contributed by atoms with Crippen LogP contribution in [-0.2, 0) is 26.1 Å². The zero-order chi connectivity index (χ0) is 11.3. The Balaban J connectivity index is 2.47. The van der Waals surface area contributed by atoms with E-state index in [1.807, 2.05) is 0 Å². The largest absolute Gasteiger partial charge is 0.468 e. The Kier molecular flexibility index (Phi) is 3.81. The van der Waals surface area contributed by atoms with E-state index in [1.165, 1.54) is 6.20 Å². The lowest BCUT2D eigenvalue weighted by Gasteiger charge is -2.03. The number of hydrogen-bond acceptors (Lipinski definition) is 5. The van der Waals surface area contributed by atoms with Gasteiger partial charge in [-0.25, -0.2) is 18.1 Å². The Morgan fingerprint density at radius 2 is 2.40 bits per heavy atom. The van der Waals surface area contributed by atoms with Gasteiger partial charge in [0.1, 0.15) is 5.82 Å². The highest BCUT2D eigenvalue weighted by atomic mass is 32.2. The minimum absolute atomic E-state index is 0.0202. The Morgan fingerprint density at radius 1 is 1.67 bits per heavy atom. The quantitative estimate of drug-likeness (QED) is 0.635. The van der Waals surface area contributed by atoms with Crippen LogP contribution < -0.4 is 4.72 Å². The predicted molar refractivity (Wildman–Crippen MR) is 51.2 cm³/mol. The van der Waals surface area contributed by atoms with E-state index in [-0.39, 0.29) is 6.54 Å². The predicted octanol–water partition coefficient (Wildman–Crippen LogP) is -0.998. The van der Waals surface area contributed by atoms with Gasteiger partial charge in [0.25, 0.3) is 0 Å². The van der Waals surface area contributed by atoms with Crippen molar-refractivity contribution in [1.29, 1.82) is 0 Å². The second-order valence-corrected chi connectivity index (χ2v) is 4.50. The Labute approximate surface area is 86.9 Å². The van der Waals surface area contributed by atoms with Gasteiger partial charge in [-0.15, -0.1) is 0 Å². The van der Waals surface area contributed by atoms with Gasteiger partial charge in [0.15, 0.2) is 5.75 Å². The number of methoxy groups -OCH3 is 1. The number of carbonyl (C=O) groups is 1. The van der Waals surface area contributed by atoms with Crippen LogP contribution in [0.1, 0.15) is 5.82 Å². The van der Waals surface area contributed by atoms with Crippen molar-refractivity contribution in [3.8, 4) is 0 Å². The first-order valence-corrected chi connectivity index (χ1v) is 5.71. The number of aromatic amines is 1. The van der Waals surface area contributed by atoms with Crippen LogP contribution in [-0.4, -0.2) is 37.2 Å². The highest BCUT2D eigenvalue weighted by Gasteiger charge is 2.16. The van der Waals surface area contributed by atoms with Crippen LogP contribution in [0.25, 0.3) is 0 Å². The van der Waals surface area contributed by atoms with Crippen molar-refractivity contribution in [3.63, 3.8) is 0 Å². The van der Waals surface area contributed by atoms with Crippen molar-refractivity contribution < 1.29 is 17.9 Å². The highest BCUT2D eigenvalue weighted by Crippen LogP contribution is 1.92. The fourth-order valence-corrected chi connectivity index (χ4v) is 1.72. The number of H-pyrrole nitrogens is 1. The lowest BCUT2D eigenvalue weighted by atomic mass is 10.6. The van der Waals surface area contributed by atoms with Gasteiger partial charge in [-0.2, -0.15) is 0 Å². The number of aromatic nitrogens is 2. The lowest BCUT2D eigenvalue weighted by Crippen LogP contribution is -2.30. The number of ether oxygens (including phenoxy) is 1. The summed E-state index contributed by atoms with van der Waals surface area (Å²) in [5.41, 5.74) is 0. The molecule has 0 radical (unpaired) electrons. The highest BCUT2D eigenvalue weighted by molar-refractivity contribution is 7.90. The van der Waals surface area contributed by atoms with E-state index in [0.717, 1.165) is 7.11 Å². The third-order valence-electron chi connectivity index (χ3n) is 1.55. The van der Waals surface area contributed by atoms with Gasteiger partial charge in [0.05, 0.1) is 13.7 Å². The lowest BCUT2D eigenvalue weighted by molar-refractivity contribution is -0.137. The molecular formula is C7H11N3O4S. The number of carbonyl (C=O) groups excluding carboxylic acids is 1. The number of imidazole rings is 1. The van der Waals surface area contributed by atoms with Crippen molar-refractivity contribution in [2.45, 2.75) is 6.54 Å². The molecule has 8 heteroatoms. The van der Waals surface area contributed by atoms with Gasteiger partial charge < -0.3 is 9.72 Å². The minimum Gasteiger partial charge on any atom is -0.468 e. The fourth-order valence-electron chi connectivity index (χ4n) is 0.838. The van der Waals surface area contributed by atoms with Crippen LogP contribution in [0.4, 0.5) is 0 Å². The van der Waals surface area contributed by atoms with Crippen LogP contribution >= 0.6 is 0 Å². The molecule has 0 saturated carbocycles. The third kappa shape index (κ3) is 4.09. The molecule has 1 aromatic heterocycles. The summed E-state index contributed by atoms with van der Waals surface area (Å²) in [5, 5.41) is 0. The van der Waals surface area contributed by atoms with Crippen molar-refractivity contribution in [2.24, 2.45) is 0 Å². The smallest absolute Gasteiger partial charge is 0.322 e. The number of hydrogen-bond donors (Lipinski definition) is 2. The molecule has 2 N–H and O–H groups in total. The van der Waals surface area contributed by atoms with Crippen LogP contribution in [0.15, 0.2) is 12.4 Å². The van der Waals surface area contributed by atoms with Gasteiger partial charge in [-0.1, -0.05) is 0 Å². The molecule has 1 rings (SSSR count). The maximum atomic E-state index is 11.2. The molecule has 0 aliphatic heterocycles. The van der Waals surface area contributed by atoms with E-state index < -0.39 is 21.7 Å². The number of sulfonamides is 1. The standard InChI is InChI=1S/C7H11N3O4S/c1-14-7(11)5-15(12,13)10-4-6-8-2-3-9-6/h2-3,10H,4-5H2,1H3,(H,8,9). The van der Waals surface area contributed by atoms with E-state index >= 15 is 0 Å². The molecule has 15 heavy (non-hydrogen) atoms. The molecule has 7 nitrogen and oxygen atoms in total. The summed E-state index contributed by atoms with van der Waals surface area (Å²) in [5.74, 6) is -1.02. The molecule has 0 unspecified atom stereocenters. The molecule has 84 valence electrons. The molecule has 0 fully saturated rings. The molecule has 0 amide bonds. The normalized spacial score (nSPS) is 11.3. The minimum atomic E-state index is -3.65. The third-order valence-corrected chi connectivity index (χ3v) is 2.75. The summed E-state index contributed by atoms with van der Waals surface area (Å²) in [6.07, 6.45) is 3.08. The van der Waals surface area contributed by atoms with Crippen LogP contribution in [0, 0.1) is 0 Å². The van der Waals surface area contributed by atoms with Gasteiger partial charge in [0.2, 0.25) is 10.0 Å². The average molecular weight is 233 g/mol. The zero-order valence-electron chi connectivity index (χ0n) is 8.06. The Morgan fingerprint density at radius 3 is 2.93 bits per heavy atom. The van der Waals surface area contributed by atoms with Crippen molar-refractivity contribution in [3.05, 3.63) is 18.2 Å². The summed E-state index contributed by atoms with van der Waals surface area (Å²) >= 11 is 0. The maximum absolute atomic E-state index is 11.2. The van der Waals surface area contributed by atoms with Gasteiger partial charge in [-0.05, 0) is 0 Å². The molecule has 0 aliphatic carbocycles. The van der Waals surface area contributed by atoms with Crippen molar-refractivity contribution in [2.75, 3.05) is 12.9 Å². The second kappa shape index (κ2) is 4.89. The van der Waals surface area contributed by atoms with Crippen molar-refractivity contribution in [1.82, 2.24) is 14.7 Å². The summed E-state index contributed by atoms with van der Waals surface area (Å²) in [6, 6.07) is 0. The molecule has 0 saturated heterocycles. The van der Waals surface area contributed by atoms with Crippen LogP contribution in [0.2, 0.25) is 0 Å². The van der Waals surface area contributed by atoms with E-state index in [0.29, 0.717) is 5.82 Å². The molecule has 0 aromatic carbocycles. The first kappa shape index (κ1) is 11.7. The van der Waals surface area contributed by atoms with E-state index in [2.05, 4.69) is 19.4 Å². The first-order valence-electron chi connectivity index (χ1n) is 4.06. The van der Waals surface area contributed by atoms with Gasteiger partial charge in [0, 0.05) is 12.4 Å². The maximum Gasteiger partial charge on any atom is 0.322 e. The summed E-state index contributed by atoms with van der Waals surface area (Å²) in [7, 11) is -2.52. The number of rotatable bonds is 5. The number of esters is 1.